The highest BCUT2D eigenvalue weighted by Crippen LogP contribution is 2.36. The summed E-state index contributed by atoms with van der Waals surface area (Å²) in [5, 5.41) is 6.22. The van der Waals surface area contributed by atoms with Gasteiger partial charge in [-0.3, -0.25) is 4.79 Å². The molecule has 1 aliphatic rings. The van der Waals surface area contributed by atoms with Crippen molar-refractivity contribution in [3.8, 4) is 0 Å². The zero-order valence-corrected chi connectivity index (χ0v) is 17.9. The van der Waals surface area contributed by atoms with E-state index in [-0.39, 0.29) is 19.1 Å². The second kappa shape index (κ2) is 8.25. The lowest BCUT2D eigenvalue weighted by molar-refractivity contribution is -0.143. The van der Waals surface area contributed by atoms with E-state index in [0.717, 1.165) is 27.7 Å². The average molecular weight is 416 g/mol. The first-order valence-electron chi connectivity index (χ1n) is 9.77. The van der Waals surface area contributed by atoms with Crippen LogP contribution in [0.2, 0.25) is 0 Å². The fourth-order valence-corrected chi connectivity index (χ4v) is 3.65. The molecule has 1 aromatic heterocycles. The van der Waals surface area contributed by atoms with Crippen molar-refractivity contribution in [2.45, 2.75) is 45.4 Å². The second-order valence-corrected chi connectivity index (χ2v) is 8.26. The molecule has 0 radical (unpaired) electrons. The Morgan fingerprint density at radius 2 is 2.00 bits per heavy atom. The zero-order valence-electron chi connectivity index (χ0n) is 17.9. The van der Waals surface area contributed by atoms with Crippen LogP contribution in [-0.2, 0) is 27.4 Å². The van der Waals surface area contributed by atoms with Crippen molar-refractivity contribution in [2.75, 3.05) is 20.7 Å². The van der Waals surface area contributed by atoms with Crippen LogP contribution in [-0.4, -0.2) is 54.3 Å². The number of methoxy groups -OCH3 is 1. The molecule has 2 aromatic rings. The van der Waals surface area contributed by atoms with Gasteiger partial charge in [-0.25, -0.2) is 9.59 Å². The minimum atomic E-state index is -0.598. The van der Waals surface area contributed by atoms with Crippen molar-refractivity contribution >= 4 is 29.0 Å². The number of ether oxygens (including phenoxy) is 2. The van der Waals surface area contributed by atoms with Gasteiger partial charge in [0.25, 0.3) is 0 Å². The molecule has 1 atom stereocenters. The minimum Gasteiger partial charge on any atom is -0.468 e. The van der Waals surface area contributed by atoms with Gasteiger partial charge in [0.1, 0.15) is 11.5 Å². The zero-order chi connectivity index (χ0) is 22.1. The number of nitrogens with one attached hydrogen (secondary N) is 3. The molecule has 0 saturated heterocycles. The first-order valence-corrected chi connectivity index (χ1v) is 9.77. The van der Waals surface area contributed by atoms with Gasteiger partial charge in [-0.1, -0.05) is 6.07 Å². The summed E-state index contributed by atoms with van der Waals surface area (Å²) in [6.07, 6.45) is -0.493. The van der Waals surface area contributed by atoms with Gasteiger partial charge >= 0.3 is 18.1 Å². The molecule has 2 heterocycles. The molecule has 9 nitrogen and oxygen atoms in total. The molecule has 9 heteroatoms. The molecule has 1 aromatic carbocycles. The Morgan fingerprint density at radius 1 is 1.27 bits per heavy atom. The van der Waals surface area contributed by atoms with Crippen LogP contribution in [0.3, 0.4) is 0 Å². The third-order valence-corrected chi connectivity index (χ3v) is 4.91. The van der Waals surface area contributed by atoms with Gasteiger partial charge in [0.05, 0.1) is 13.7 Å². The predicted octanol–water partition coefficient (Wildman–Crippen LogP) is 2.60. The fourth-order valence-electron chi connectivity index (χ4n) is 3.65. The molecule has 0 saturated carbocycles. The van der Waals surface area contributed by atoms with E-state index in [2.05, 4.69) is 15.6 Å². The molecule has 3 N–H and O–H groups in total. The Balaban J connectivity index is 1.90. The summed E-state index contributed by atoms with van der Waals surface area (Å²) in [4.78, 5) is 41.5. The molecule has 1 aliphatic heterocycles. The highest BCUT2D eigenvalue weighted by molar-refractivity contribution is 5.93. The summed E-state index contributed by atoms with van der Waals surface area (Å²) < 4.78 is 10.3. The molecule has 0 spiro atoms. The van der Waals surface area contributed by atoms with Crippen molar-refractivity contribution in [3.63, 3.8) is 0 Å². The number of carbonyl (C=O) groups is 3. The third kappa shape index (κ3) is 4.50. The number of nitrogens with zero attached hydrogens (tertiary/aromatic N) is 1. The van der Waals surface area contributed by atoms with Gasteiger partial charge in [0.15, 0.2) is 0 Å². The maximum atomic E-state index is 12.5. The van der Waals surface area contributed by atoms with Crippen LogP contribution in [0.25, 0.3) is 10.9 Å². The molecule has 0 aliphatic carbocycles. The van der Waals surface area contributed by atoms with Gasteiger partial charge in [-0.15, -0.1) is 0 Å². The number of aromatic nitrogens is 1. The predicted molar refractivity (Wildman–Crippen MR) is 111 cm³/mol. The third-order valence-electron chi connectivity index (χ3n) is 4.91. The van der Waals surface area contributed by atoms with Crippen molar-refractivity contribution in [2.24, 2.45) is 0 Å². The van der Waals surface area contributed by atoms with E-state index < -0.39 is 23.6 Å². The molecule has 0 fully saturated rings. The monoisotopic (exact) mass is 416 g/mol. The number of H-pyrrole nitrogens is 1. The van der Waals surface area contributed by atoms with E-state index in [9.17, 15) is 14.4 Å². The second-order valence-electron chi connectivity index (χ2n) is 8.26. The summed E-state index contributed by atoms with van der Waals surface area (Å²) in [7, 11) is 2.89. The number of benzene rings is 1. The molecule has 30 heavy (non-hydrogen) atoms. The number of rotatable bonds is 3. The van der Waals surface area contributed by atoms with Gasteiger partial charge in [0, 0.05) is 36.7 Å². The van der Waals surface area contributed by atoms with Crippen LogP contribution in [0.1, 0.15) is 43.5 Å². The first-order chi connectivity index (χ1) is 14.1. The number of aromatic amines is 1. The number of amides is 3. The van der Waals surface area contributed by atoms with Gasteiger partial charge in [-0.2, -0.15) is 0 Å². The topological polar surface area (TPSA) is 113 Å². The molecule has 3 amide bonds. The molecule has 1 unspecified atom stereocenters. The smallest absolute Gasteiger partial charge is 0.407 e. The number of carbonyl (C=O) groups excluding carboxylic acids is 3. The lowest BCUT2D eigenvalue weighted by atomic mass is 9.91. The number of esters is 1. The van der Waals surface area contributed by atoms with E-state index in [4.69, 9.17) is 9.47 Å². The standard InChI is InChI=1S/C21H28N4O5/c1-21(2,3)30-20(28)23-9-12-6-7-15-13(8-12)17-14(18(26)29-5)10-25(19(27)22-4)11-16(17)24-15/h6-8,14,24H,9-11H2,1-5H3,(H,22,27)(H,23,28). The van der Waals surface area contributed by atoms with Gasteiger partial charge in [0.2, 0.25) is 0 Å². The number of fused-ring (bicyclic) bond motifs is 3. The number of urea groups is 1. The van der Waals surface area contributed by atoms with Crippen LogP contribution in [0.5, 0.6) is 0 Å². The van der Waals surface area contributed by atoms with Crippen LogP contribution in [0, 0.1) is 0 Å². The van der Waals surface area contributed by atoms with Crippen molar-refractivity contribution < 1.29 is 23.9 Å². The summed E-state index contributed by atoms with van der Waals surface area (Å²) in [5.74, 6) is -0.998. The highest BCUT2D eigenvalue weighted by atomic mass is 16.6. The SMILES string of the molecule is CNC(=O)N1Cc2[nH]c3ccc(CNC(=O)OC(C)(C)C)cc3c2C(C(=O)OC)C1. The Kier molecular flexibility index (Phi) is 5.91. The maximum absolute atomic E-state index is 12.5. The van der Waals surface area contributed by atoms with Crippen LogP contribution < -0.4 is 10.6 Å². The van der Waals surface area contributed by atoms with Crippen LogP contribution in [0.4, 0.5) is 9.59 Å². The van der Waals surface area contributed by atoms with E-state index >= 15 is 0 Å². The van der Waals surface area contributed by atoms with E-state index in [1.165, 1.54) is 7.11 Å². The quantitative estimate of drug-likeness (QED) is 0.666. The molecule has 0 bridgehead atoms. The van der Waals surface area contributed by atoms with Crippen molar-refractivity contribution in [1.82, 2.24) is 20.5 Å². The number of hydrogen-bond donors (Lipinski definition) is 3. The lowest BCUT2D eigenvalue weighted by Crippen LogP contribution is -2.44. The van der Waals surface area contributed by atoms with E-state index in [0.29, 0.717) is 6.54 Å². The van der Waals surface area contributed by atoms with Crippen molar-refractivity contribution in [1.29, 1.82) is 0 Å². The van der Waals surface area contributed by atoms with Gasteiger partial charge < -0.3 is 30.0 Å². The molecular formula is C21H28N4O5. The largest absolute Gasteiger partial charge is 0.468 e. The van der Waals surface area contributed by atoms with Crippen LogP contribution >= 0.6 is 0 Å². The Labute approximate surface area is 175 Å². The molecular weight excluding hydrogens is 388 g/mol. The normalized spacial score (nSPS) is 16.0. The maximum Gasteiger partial charge on any atom is 0.407 e. The summed E-state index contributed by atoms with van der Waals surface area (Å²) in [5.41, 5.74) is 2.78. The Bertz CT molecular complexity index is 976. The van der Waals surface area contributed by atoms with E-state index in [1.54, 1.807) is 32.7 Å². The van der Waals surface area contributed by atoms with Gasteiger partial charge in [-0.05, 0) is 44.0 Å². The summed E-state index contributed by atoms with van der Waals surface area (Å²) in [6.45, 7) is 6.30. The average Bonchev–Trinajstić information content (AvgIpc) is 3.06. The molecule has 162 valence electrons. The lowest BCUT2D eigenvalue weighted by Gasteiger charge is -2.31. The Morgan fingerprint density at radius 3 is 2.63 bits per heavy atom. The van der Waals surface area contributed by atoms with E-state index in [1.807, 2.05) is 18.2 Å². The Hall–Kier alpha value is -3.23. The molecule has 3 rings (SSSR count). The van der Waals surface area contributed by atoms with Crippen LogP contribution in [0.15, 0.2) is 18.2 Å². The van der Waals surface area contributed by atoms with Crippen molar-refractivity contribution in [3.05, 3.63) is 35.0 Å². The number of hydrogen-bond acceptors (Lipinski definition) is 5. The summed E-state index contributed by atoms with van der Waals surface area (Å²) in [6, 6.07) is 5.48. The number of alkyl carbamates (subject to hydrolysis) is 1. The highest BCUT2D eigenvalue weighted by Gasteiger charge is 2.36. The summed E-state index contributed by atoms with van der Waals surface area (Å²) >= 11 is 0. The fraction of sp³-hybridized carbons (Fsp3) is 0.476. The minimum absolute atomic E-state index is 0.229. The first kappa shape index (κ1) is 21.5.